The molecule has 3 aromatic rings. The van der Waals surface area contributed by atoms with Gasteiger partial charge in [-0.3, -0.25) is 0 Å². The highest BCUT2D eigenvalue weighted by Crippen LogP contribution is 2.32. The van der Waals surface area contributed by atoms with Crippen molar-refractivity contribution < 1.29 is 31.6 Å². The lowest BCUT2D eigenvalue weighted by Crippen LogP contribution is -2.10. The van der Waals surface area contributed by atoms with Crippen LogP contribution in [0.4, 0.5) is 0 Å². The number of carbonyl (C=O) groups excluding carboxylic acids is 1. The van der Waals surface area contributed by atoms with Gasteiger partial charge in [-0.05, 0) is 60.2 Å². The molecule has 4 rings (SSSR count). The Balaban J connectivity index is 1.59. The average molecular weight is 465 g/mol. The first-order valence-electron chi connectivity index (χ1n) is 9.74. The summed E-state index contributed by atoms with van der Waals surface area (Å²) in [6, 6.07) is 19.4. The third-order valence-corrected chi connectivity index (χ3v) is 5.93. The quantitative estimate of drug-likeness (QED) is 0.297. The molecule has 0 fully saturated rings. The van der Waals surface area contributed by atoms with Crippen molar-refractivity contribution in [3.63, 3.8) is 0 Å². The van der Waals surface area contributed by atoms with Crippen molar-refractivity contribution >= 4 is 28.1 Å². The Kier molecular flexibility index (Phi) is 6.14. The summed E-state index contributed by atoms with van der Waals surface area (Å²) in [5.74, 6) is 0.310. The predicted octanol–water partition coefficient (Wildman–Crippen LogP) is 3.82. The summed E-state index contributed by atoms with van der Waals surface area (Å²) in [7, 11) is -1.23. The maximum Gasteiger partial charge on any atom is 0.363 e. The van der Waals surface area contributed by atoms with Crippen LogP contribution in [0.15, 0.2) is 88.4 Å². The average Bonchev–Trinajstić information content (AvgIpc) is 3.20. The van der Waals surface area contributed by atoms with Crippen LogP contribution in [0.25, 0.3) is 6.08 Å². The topological polar surface area (TPSA) is 100 Å². The molecule has 9 heteroatoms. The zero-order chi connectivity index (χ0) is 23.4. The molecule has 0 radical (unpaired) electrons. The second-order valence-corrected chi connectivity index (χ2v) is 8.37. The summed E-state index contributed by atoms with van der Waals surface area (Å²) >= 11 is 0. The van der Waals surface area contributed by atoms with Gasteiger partial charge in [-0.1, -0.05) is 24.3 Å². The zero-order valence-electron chi connectivity index (χ0n) is 17.7. The van der Waals surface area contributed by atoms with Gasteiger partial charge in [0.1, 0.15) is 10.6 Å². The Morgan fingerprint density at radius 3 is 2.27 bits per heavy atom. The first-order chi connectivity index (χ1) is 15.9. The van der Waals surface area contributed by atoms with Crippen LogP contribution in [0.2, 0.25) is 0 Å². The lowest BCUT2D eigenvalue weighted by molar-refractivity contribution is -0.129. The summed E-state index contributed by atoms with van der Waals surface area (Å²) in [5, 5.41) is 0. The Hall–Kier alpha value is -4.11. The van der Waals surface area contributed by atoms with Crippen LogP contribution >= 0.6 is 0 Å². The van der Waals surface area contributed by atoms with Crippen molar-refractivity contribution in [3.05, 3.63) is 89.6 Å². The number of rotatable bonds is 7. The van der Waals surface area contributed by atoms with Crippen molar-refractivity contribution in [2.75, 3.05) is 14.2 Å². The fourth-order valence-corrected chi connectivity index (χ4v) is 3.96. The molecule has 1 aliphatic rings. The van der Waals surface area contributed by atoms with Gasteiger partial charge in [-0.15, -0.1) is 0 Å². The van der Waals surface area contributed by atoms with E-state index in [-0.39, 0.29) is 28.0 Å². The van der Waals surface area contributed by atoms with Gasteiger partial charge in [0.05, 0.1) is 14.2 Å². The van der Waals surface area contributed by atoms with E-state index in [0.29, 0.717) is 16.9 Å². The minimum atomic E-state index is -4.10. The van der Waals surface area contributed by atoms with Crippen molar-refractivity contribution in [2.24, 2.45) is 4.99 Å². The van der Waals surface area contributed by atoms with Gasteiger partial charge in [0.2, 0.25) is 5.90 Å². The van der Waals surface area contributed by atoms with Crippen molar-refractivity contribution in [2.45, 2.75) is 4.90 Å². The number of methoxy groups -OCH3 is 2. The maximum absolute atomic E-state index is 12.6. The fourth-order valence-electron chi connectivity index (χ4n) is 3.02. The van der Waals surface area contributed by atoms with E-state index in [2.05, 4.69) is 4.99 Å². The molecule has 0 spiro atoms. The Morgan fingerprint density at radius 1 is 0.879 bits per heavy atom. The molecule has 33 heavy (non-hydrogen) atoms. The van der Waals surface area contributed by atoms with Crippen LogP contribution in [0.3, 0.4) is 0 Å². The van der Waals surface area contributed by atoms with E-state index < -0.39 is 16.1 Å². The number of cyclic esters (lactones) is 1. The first-order valence-corrected chi connectivity index (χ1v) is 11.1. The largest absolute Gasteiger partial charge is 0.497 e. The van der Waals surface area contributed by atoms with E-state index in [1.807, 2.05) is 18.2 Å². The highest BCUT2D eigenvalue weighted by atomic mass is 32.2. The van der Waals surface area contributed by atoms with Crippen LogP contribution in [-0.2, 0) is 19.6 Å². The Labute approximate surface area is 190 Å². The number of hydrogen-bond acceptors (Lipinski definition) is 8. The van der Waals surface area contributed by atoms with Gasteiger partial charge in [0.25, 0.3) is 0 Å². The van der Waals surface area contributed by atoms with Crippen LogP contribution in [0.1, 0.15) is 11.1 Å². The number of carbonyl (C=O) groups is 1. The summed E-state index contributed by atoms with van der Waals surface area (Å²) < 4.78 is 46.1. The molecule has 3 aromatic carbocycles. The van der Waals surface area contributed by atoms with Gasteiger partial charge in [0, 0.05) is 5.56 Å². The highest BCUT2D eigenvalue weighted by Gasteiger charge is 2.24. The third kappa shape index (κ3) is 4.88. The van der Waals surface area contributed by atoms with Gasteiger partial charge in [-0.25, -0.2) is 9.79 Å². The Bertz CT molecular complexity index is 1350. The SMILES string of the molecule is COc1ccc(S(=O)(=O)Oc2ccc(/C=C3\N=C(c4ccccc4)OC3=O)cc2OC)cc1. The van der Waals surface area contributed by atoms with E-state index in [0.717, 1.165) is 0 Å². The predicted molar refractivity (Wildman–Crippen MR) is 121 cm³/mol. The third-order valence-electron chi connectivity index (χ3n) is 4.68. The molecule has 0 atom stereocenters. The normalized spacial score (nSPS) is 14.5. The molecule has 1 heterocycles. The molecule has 0 aromatic heterocycles. The van der Waals surface area contributed by atoms with E-state index in [1.54, 1.807) is 18.2 Å². The minimum absolute atomic E-state index is 0.00191. The molecular weight excluding hydrogens is 446 g/mol. The van der Waals surface area contributed by atoms with Crippen LogP contribution in [-0.4, -0.2) is 34.5 Å². The lowest BCUT2D eigenvalue weighted by Gasteiger charge is -2.11. The minimum Gasteiger partial charge on any atom is -0.497 e. The highest BCUT2D eigenvalue weighted by molar-refractivity contribution is 7.87. The van der Waals surface area contributed by atoms with Gasteiger partial charge in [-0.2, -0.15) is 8.42 Å². The zero-order valence-corrected chi connectivity index (χ0v) is 18.5. The molecule has 0 saturated carbocycles. The Morgan fingerprint density at radius 2 is 1.61 bits per heavy atom. The van der Waals surface area contributed by atoms with E-state index >= 15 is 0 Å². The molecule has 0 bridgehead atoms. The number of esters is 1. The summed E-state index contributed by atoms with van der Waals surface area (Å²) in [6.45, 7) is 0. The molecule has 1 aliphatic heterocycles. The summed E-state index contributed by atoms with van der Waals surface area (Å²) in [6.07, 6.45) is 1.52. The van der Waals surface area contributed by atoms with E-state index in [4.69, 9.17) is 18.4 Å². The van der Waals surface area contributed by atoms with Crippen LogP contribution < -0.4 is 13.7 Å². The van der Waals surface area contributed by atoms with E-state index in [9.17, 15) is 13.2 Å². The number of ether oxygens (including phenoxy) is 3. The fraction of sp³-hybridized carbons (Fsp3) is 0.0833. The molecule has 0 saturated heterocycles. The maximum atomic E-state index is 12.6. The van der Waals surface area contributed by atoms with Crippen LogP contribution in [0.5, 0.6) is 17.2 Å². The summed E-state index contributed by atoms with van der Waals surface area (Å²) in [5.41, 5.74) is 1.33. The molecule has 0 amide bonds. The first kappa shape index (κ1) is 22.1. The number of nitrogens with zero attached hydrogens (tertiary/aromatic N) is 1. The molecule has 0 N–H and O–H groups in total. The standard InChI is InChI=1S/C24H19NO7S/c1-29-18-9-11-19(12-10-18)33(27,28)32-21-13-8-16(15-22(21)30-2)14-20-24(26)31-23(25-20)17-6-4-3-5-7-17/h3-15H,1-2H3/b20-14-. The van der Waals surface area contributed by atoms with Crippen molar-refractivity contribution in [1.82, 2.24) is 0 Å². The number of aliphatic imine (C=N–C) groups is 1. The smallest absolute Gasteiger partial charge is 0.363 e. The van der Waals surface area contributed by atoms with Gasteiger partial charge < -0.3 is 18.4 Å². The number of hydrogen-bond donors (Lipinski definition) is 0. The van der Waals surface area contributed by atoms with E-state index in [1.165, 1.54) is 56.7 Å². The number of benzene rings is 3. The van der Waals surface area contributed by atoms with Crippen molar-refractivity contribution in [1.29, 1.82) is 0 Å². The molecule has 0 aliphatic carbocycles. The second kappa shape index (κ2) is 9.17. The molecule has 168 valence electrons. The van der Waals surface area contributed by atoms with Gasteiger partial charge in [0.15, 0.2) is 17.2 Å². The molecular formula is C24H19NO7S. The second-order valence-electron chi connectivity index (χ2n) is 6.83. The van der Waals surface area contributed by atoms with Crippen molar-refractivity contribution in [3.8, 4) is 17.2 Å². The van der Waals surface area contributed by atoms with Crippen LogP contribution in [0, 0.1) is 0 Å². The monoisotopic (exact) mass is 465 g/mol. The lowest BCUT2D eigenvalue weighted by atomic mass is 10.1. The summed E-state index contributed by atoms with van der Waals surface area (Å²) in [4.78, 5) is 16.4. The molecule has 0 unspecified atom stereocenters. The molecule has 8 nitrogen and oxygen atoms in total. The van der Waals surface area contributed by atoms with Gasteiger partial charge >= 0.3 is 16.1 Å².